The number of nitro groups is 1. The molecule has 1 atom stereocenters. The Kier molecular flexibility index (Phi) is 7.48. The molecule has 1 aliphatic heterocycles. The Hall–Kier alpha value is -4.65. The van der Waals surface area contributed by atoms with Crippen molar-refractivity contribution in [3.05, 3.63) is 83.0 Å². The summed E-state index contributed by atoms with van der Waals surface area (Å²) < 4.78 is 17.7. The van der Waals surface area contributed by atoms with Crippen LogP contribution in [0.2, 0.25) is 0 Å². The molecular formula is C25H23N3O9S. The number of carbonyl (C=O) groups is 1. The molecule has 3 aromatic rings. The maximum atomic E-state index is 13.6. The van der Waals surface area contributed by atoms with Gasteiger partial charge in [-0.1, -0.05) is 17.4 Å². The molecule has 0 bridgehead atoms. The van der Waals surface area contributed by atoms with Crippen LogP contribution in [-0.2, 0) is 9.53 Å². The number of hydrogen-bond donors (Lipinski definition) is 2. The molecule has 0 saturated carbocycles. The van der Waals surface area contributed by atoms with Crippen molar-refractivity contribution in [2.24, 2.45) is 4.99 Å². The largest absolute Gasteiger partial charge is 0.507 e. The van der Waals surface area contributed by atoms with Crippen molar-refractivity contribution in [3.8, 4) is 23.0 Å². The van der Waals surface area contributed by atoms with Gasteiger partial charge in [0.25, 0.3) is 5.56 Å². The number of aromatic hydroxyl groups is 2. The third-order valence-electron chi connectivity index (χ3n) is 5.62. The fourth-order valence-corrected chi connectivity index (χ4v) is 4.93. The van der Waals surface area contributed by atoms with Gasteiger partial charge in [-0.05, 0) is 37.6 Å². The molecule has 4 rings (SSSR count). The van der Waals surface area contributed by atoms with Crippen molar-refractivity contribution in [1.82, 2.24) is 4.57 Å². The molecular weight excluding hydrogens is 518 g/mol. The summed E-state index contributed by atoms with van der Waals surface area (Å²) in [5, 5.41) is 31.2. The number of esters is 1. The molecule has 0 amide bonds. The van der Waals surface area contributed by atoms with Crippen LogP contribution in [0.25, 0.3) is 6.08 Å². The second-order valence-electron chi connectivity index (χ2n) is 7.91. The summed E-state index contributed by atoms with van der Waals surface area (Å²) in [6.07, 6.45) is 2.58. The second kappa shape index (κ2) is 10.8. The minimum atomic E-state index is -0.932. The number of benzene rings is 2. The van der Waals surface area contributed by atoms with E-state index in [1.54, 1.807) is 18.2 Å². The van der Waals surface area contributed by atoms with E-state index >= 15 is 0 Å². The first-order valence-corrected chi connectivity index (χ1v) is 12.2. The maximum absolute atomic E-state index is 13.6. The van der Waals surface area contributed by atoms with Crippen LogP contribution in [0.15, 0.2) is 51.9 Å². The highest BCUT2D eigenvalue weighted by Gasteiger charge is 2.31. The van der Waals surface area contributed by atoms with E-state index in [4.69, 9.17) is 14.2 Å². The first-order chi connectivity index (χ1) is 18.2. The predicted octanol–water partition coefficient (Wildman–Crippen LogP) is 2.13. The van der Waals surface area contributed by atoms with Crippen molar-refractivity contribution in [1.29, 1.82) is 0 Å². The van der Waals surface area contributed by atoms with E-state index in [-0.39, 0.29) is 20.5 Å². The zero-order valence-corrected chi connectivity index (χ0v) is 21.4. The summed E-state index contributed by atoms with van der Waals surface area (Å²) in [5.74, 6) is -0.935. The lowest BCUT2D eigenvalue weighted by Gasteiger charge is -2.23. The number of methoxy groups -OCH3 is 1. The predicted molar refractivity (Wildman–Crippen MR) is 136 cm³/mol. The van der Waals surface area contributed by atoms with E-state index < -0.39 is 39.7 Å². The summed E-state index contributed by atoms with van der Waals surface area (Å²) in [6.45, 7) is 4.41. The lowest BCUT2D eigenvalue weighted by atomic mass is 9.97. The third kappa shape index (κ3) is 4.83. The number of phenolic OH excluding ortho intramolecular Hbond substituents is 2. The number of ether oxygens (including phenoxy) is 3. The third-order valence-corrected chi connectivity index (χ3v) is 6.61. The number of rotatable bonds is 8. The average Bonchev–Trinajstić information content (AvgIpc) is 3.20. The quantitative estimate of drug-likeness (QED) is 0.247. The van der Waals surface area contributed by atoms with Crippen LogP contribution in [0.3, 0.4) is 0 Å². The van der Waals surface area contributed by atoms with Crippen molar-refractivity contribution in [2.75, 3.05) is 20.3 Å². The fraction of sp³-hybridized carbons (Fsp3) is 0.240. The molecule has 38 heavy (non-hydrogen) atoms. The highest BCUT2D eigenvalue weighted by molar-refractivity contribution is 7.07. The van der Waals surface area contributed by atoms with Gasteiger partial charge < -0.3 is 24.4 Å². The Bertz CT molecular complexity index is 1640. The smallest absolute Gasteiger partial charge is 0.337 e. The Morgan fingerprint density at radius 3 is 2.53 bits per heavy atom. The standard InChI is InChI=1S/C25H23N3O9S/c1-4-36-19-7-6-13(9-20(19)37-5-2)22-15(24(32)35-3)12-26-25-27(22)23(31)21(38-25)10-14-8-16(28(33)34)18(30)11-17(14)29/h6-12,22,29-30H,4-5H2,1-3H3/b21-10-/t22-/m1/s1. The maximum Gasteiger partial charge on any atom is 0.337 e. The minimum Gasteiger partial charge on any atom is -0.507 e. The summed E-state index contributed by atoms with van der Waals surface area (Å²) >= 11 is 0.962. The van der Waals surface area contributed by atoms with Gasteiger partial charge in [0, 0.05) is 23.9 Å². The number of aromatic nitrogens is 1. The number of phenols is 2. The van der Waals surface area contributed by atoms with Crippen LogP contribution in [0.4, 0.5) is 5.69 Å². The van der Waals surface area contributed by atoms with E-state index in [1.807, 2.05) is 13.8 Å². The van der Waals surface area contributed by atoms with Gasteiger partial charge in [-0.3, -0.25) is 19.5 Å². The number of thiazole rings is 1. The molecule has 0 radical (unpaired) electrons. The van der Waals surface area contributed by atoms with Crippen LogP contribution in [0.1, 0.15) is 31.0 Å². The van der Waals surface area contributed by atoms with Crippen LogP contribution >= 0.6 is 11.3 Å². The first-order valence-electron chi connectivity index (χ1n) is 11.4. The Morgan fingerprint density at radius 2 is 1.87 bits per heavy atom. The summed E-state index contributed by atoms with van der Waals surface area (Å²) in [5.41, 5.74) is -0.621. The normalized spacial score (nSPS) is 14.8. The summed E-state index contributed by atoms with van der Waals surface area (Å²) in [6, 6.07) is 5.91. The number of nitro benzene ring substituents is 1. The second-order valence-corrected chi connectivity index (χ2v) is 8.91. The molecule has 13 heteroatoms. The summed E-state index contributed by atoms with van der Waals surface area (Å²) in [4.78, 5) is 41.2. The molecule has 0 unspecified atom stereocenters. The van der Waals surface area contributed by atoms with Gasteiger partial charge >= 0.3 is 11.7 Å². The molecule has 0 saturated heterocycles. The molecule has 2 heterocycles. The zero-order valence-electron chi connectivity index (χ0n) is 20.5. The van der Waals surface area contributed by atoms with Gasteiger partial charge in [-0.15, -0.1) is 0 Å². The lowest BCUT2D eigenvalue weighted by molar-refractivity contribution is -0.385. The molecule has 12 nitrogen and oxygen atoms in total. The highest BCUT2D eigenvalue weighted by Crippen LogP contribution is 2.35. The van der Waals surface area contributed by atoms with Crippen LogP contribution in [0, 0.1) is 10.1 Å². The van der Waals surface area contributed by atoms with Gasteiger partial charge in [0.05, 0.1) is 41.4 Å². The van der Waals surface area contributed by atoms with Crippen molar-refractivity contribution >= 4 is 29.1 Å². The highest BCUT2D eigenvalue weighted by atomic mass is 32.1. The van der Waals surface area contributed by atoms with Crippen LogP contribution in [-0.4, -0.2) is 46.0 Å². The number of carbonyl (C=O) groups excluding carboxylic acids is 1. The molecule has 2 N–H and O–H groups in total. The van der Waals surface area contributed by atoms with Crippen LogP contribution < -0.4 is 24.4 Å². The van der Waals surface area contributed by atoms with Gasteiger partial charge in [-0.25, -0.2) is 9.79 Å². The number of fused-ring (bicyclic) bond motifs is 1. The molecule has 198 valence electrons. The van der Waals surface area contributed by atoms with Crippen molar-refractivity contribution in [3.63, 3.8) is 0 Å². The number of nitrogens with zero attached hydrogens (tertiary/aromatic N) is 3. The summed E-state index contributed by atoms with van der Waals surface area (Å²) in [7, 11) is 1.22. The molecule has 1 aliphatic rings. The Morgan fingerprint density at radius 1 is 1.16 bits per heavy atom. The Labute approximate surface area is 219 Å². The molecule has 0 spiro atoms. The minimum absolute atomic E-state index is 0.0526. The lowest BCUT2D eigenvalue weighted by Crippen LogP contribution is -2.39. The molecule has 0 aliphatic carbocycles. The van der Waals surface area contributed by atoms with E-state index in [9.17, 15) is 29.9 Å². The van der Waals surface area contributed by atoms with Crippen molar-refractivity contribution < 1.29 is 34.1 Å². The average molecular weight is 542 g/mol. The van der Waals surface area contributed by atoms with E-state index in [0.29, 0.717) is 30.3 Å². The van der Waals surface area contributed by atoms with E-state index in [0.717, 1.165) is 23.5 Å². The zero-order chi connectivity index (χ0) is 27.6. The van der Waals surface area contributed by atoms with Gasteiger partial charge in [0.1, 0.15) is 5.75 Å². The molecule has 1 aromatic heterocycles. The van der Waals surface area contributed by atoms with Gasteiger partial charge in [-0.2, -0.15) is 0 Å². The van der Waals surface area contributed by atoms with Crippen molar-refractivity contribution in [2.45, 2.75) is 19.9 Å². The van der Waals surface area contributed by atoms with E-state index in [1.165, 1.54) is 24.0 Å². The fourth-order valence-electron chi connectivity index (χ4n) is 3.97. The SMILES string of the molecule is CCOc1ccc([C@@H]2C(C(=O)OC)=CN=c3s/c(=C\c4cc([N+](=O)[O-])c(O)cc4O)c(=O)n32)cc1OCC. The van der Waals surface area contributed by atoms with Gasteiger partial charge in [0.2, 0.25) is 0 Å². The van der Waals surface area contributed by atoms with Gasteiger partial charge in [0.15, 0.2) is 22.0 Å². The first kappa shape index (κ1) is 26.4. The molecule has 2 aromatic carbocycles. The Balaban J connectivity index is 1.93. The molecule has 0 fully saturated rings. The van der Waals surface area contributed by atoms with Crippen LogP contribution in [0.5, 0.6) is 23.0 Å². The van der Waals surface area contributed by atoms with E-state index in [2.05, 4.69) is 4.99 Å². The number of hydrogen-bond acceptors (Lipinski definition) is 11. The topological polar surface area (TPSA) is 163 Å². The monoisotopic (exact) mass is 541 g/mol.